The molecule has 2 N–H and O–H groups in total. The molecule has 7 heteroatoms. The van der Waals surface area contributed by atoms with E-state index in [2.05, 4.69) is 20.5 Å². The van der Waals surface area contributed by atoms with Gasteiger partial charge in [-0.2, -0.15) is 5.10 Å². The topological polar surface area (TPSA) is 79.9 Å². The molecule has 1 aliphatic rings. The molecule has 1 heterocycles. The normalized spacial score (nSPS) is 15.1. The summed E-state index contributed by atoms with van der Waals surface area (Å²) in [4.78, 5) is 16.3. The maximum Gasteiger partial charge on any atom is 0.251 e. The van der Waals surface area contributed by atoms with Gasteiger partial charge in [0.05, 0.1) is 6.10 Å². The van der Waals surface area contributed by atoms with Gasteiger partial charge in [-0.3, -0.25) is 9.89 Å². The fourth-order valence-electron chi connectivity index (χ4n) is 3.03. The van der Waals surface area contributed by atoms with Gasteiger partial charge in [0.1, 0.15) is 6.33 Å². The highest BCUT2D eigenvalue weighted by Gasteiger charge is 2.13. The third-order valence-corrected chi connectivity index (χ3v) is 5.44. The lowest BCUT2D eigenvalue weighted by Gasteiger charge is -2.21. The van der Waals surface area contributed by atoms with Crippen molar-refractivity contribution < 1.29 is 9.53 Å². The van der Waals surface area contributed by atoms with Crippen LogP contribution in [0.3, 0.4) is 0 Å². The summed E-state index contributed by atoms with van der Waals surface area (Å²) >= 11 is 1.58. The minimum Gasteiger partial charge on any atom is -0.378 e. The molecule has 0 radical (unpaired) electrons. The first-order valence-electron chi connectivity index (χ1n) is 9.28. The van der Waals surface area contributed by atoms with Gasteiger partial charge in [-0.1, -0.05) is 43.2 Å². The number of H-pyrrole nitrogens is 1. The zero-order valence-electron chi connectivity index (χ0n) is 14.9. The number of nitrogens with zero attached hydrogens (tertiary/aromatic N) is 2. The number of nitrogens with one attached hydrogen (secondary N) is 2. The predicted molar refractivity (Wildman–Crippen MR) is 102 cm³/mol. The summed E-state index contributed by atoms with van der Waals surface area (Å²) in [7, 11) is 0. The fourth-order valence-corrected chi connectivity index (χ4v) is 3.76. The first kappa shape index (κ1) is 18.9. The van der Waals surface area contributed by atoms with Gasteiger partial charge >= 0.3 is 0 Å². The van der Waals surface area contributed by atoms with Gasteiger partial charge in [0.15, 0.2) is 5.16 Å². The van der Waals surface area contributed by atoms with E-state index in [0.717, 1.165) is 29.5 Å². The lowest BCUT2D eigenvalue weighted by Crippen LogP contribution is -2.26. The van der Waals surface area contributed by atoms with E-state index < -0.39 is 0 Å². The highest BCUT2D eigenvalue weighted by Crippen LogP contribution is 2.20. The number of carbonyl (C=O) groups excluding carboxylic acids is 1. The van der Waals surface area contributed by atoms with Gasteiger partial charge in [0, 0.05) is 24.5 Å². The Hall–Kier alpha value is -1.86. The molecule has 1 amide bonds. The molecule has 140 valence electrons. The number of hydrogen-bond donors (Lipinski definition) is 2. The zero-order valence-corrected chi connectivity index (χ0v) is 15.8. The minimum atomic E-state index is -0.0305. The Balaban J connectivity index is 1.32. The summed E-state index contributed by atoms with van der Waals surface area (Å²) in [6.07, 6.45) is 9.07. The number of amides is 1. The number of benzene rings is 1. The Bertz CT molecular complexity index is 655. The van der Waals surface area contributed by atoms with Crippen molar-refractivity contribution in [1.82, 2.24) is 20.5 Å². The summed E-state index contributed by atoms with van der Waals surface area (Å²) in [5, 5.41) is 10.4. The van der Waals surface area contributed by atoms with E-state index in [0.29, 0.717) is 18.2 Å². The quantitative estimate of drug-likeness (QED) is 0.518. The van der Waals surface area contributed by atoms with Crippen LogP contribution in [0.5, 0.6) is 0 Å². The second kappa shape index (κ2) is 10.3. The lowest BCUT2D eigenvalue weighted by atomic mass is 9.98. The number of carbonyl (C=O) groups is 1. The molecule has 0 spiro atoms. The molecule has 1 aromatic carbocycles. The van der Waals surface area contributed by atoms with Crippen LogP contribution in [0, 0.1) is 0 Å². The van der Waals surface area contributed by atoms with E-state index in [9.17, 15) is 4.79 Å². The fraction of sp³-hybridized carbons (Fsp3) is 0.526. The molecular weight excluding hydrogens is 348 g/mol. The predicted octanol–water partition coefficient (Wildman–Crippen LogP) is 3.57. The molecule has 1 fully saturated rings. The van der Waals surface area contributed by atoms with Crippen molar-refractivity contribution in [2.75, 3.05) is 13.2 Å². The molecule has 0 aliphatic heterocycles. The largest absolute Gasteiger partial charge is 0.378 e. The van der Waals surface area contributed by atoms with E-state index in [1.807, 2.05) is 24.3 Å². The number of aromatic nitrogens is 3. The van der Waals surface area contributed by atoms with Crippen LogP contribution in [-0.4, -0.2) is 40.3 Å². The highest BCUT2D eigenvalue weighted by molar-refractivity contribution is 7.98. The Morgan fingerprint density at radius 1 is 1.23 bits per heavy atom. The van der Waals surface area contributed by atoms with E-state index in [1.165, 1.54) is 38.4 Å². The molecule has 1 saturated carbocycles. The van der Waals surface area contributed by atoms with Crippen molar-refractivity contribution in [3.05, 3.63) is 41.7 Å². The third-order valence-electron chi connectivity index (χ3n) is 4.50. The van der Waals surface area contributed by atoms with Crippen molar-refractivity contribution in [3.8, 4) is 0 Å². The maximum absolute atomic E-state index is 12.2. The number of hydrogen-bond acceptors (Lipinski definition) is 5. The monoisotopic (exact) mass is 374 g/mol. The van der Waals surface area contributed by atoms with Crippen LogP contribution >= 0.6 is 11.8 Å². The van der Waals surface area contributed by atoms with Crippen molar-refractivity contribution in [2.45, 2.75) is 55.5 Å². The van der Waals surface area contributed by atoms with Gasteiger partial charge in [-0.25, -0.2) is 4.98 Å². The molecule has 1 aromatic heterocycles. The van der Waals surface area contributed by atoms with Crippen molar-refractivity contribution >= 4 is 17.7 Å². The average Bonchev–Trinajstić information content (AvgIpc) is 3.21. The average molecular weight is 375 g/mol. The van der Waals surface area contributed by atoms with Crippen LogP contribution in [0.15, 0.2) is 35.7 Å². The van der Waals surface area contributed by atoms with Gasteiger partial charge in [-0.05, 0) is 37.0 Å². The molecule has 26 heavy (non-hydrogen) atoms. The highest BCUT2D eigenvalue weighted by atomic mass is 32.2. The molecule has 0 bridgehead atoms. The lowest BCUT2D eigenvalue weighted by molar-refractivity contribution is 0.0273. The molecule has 1 aliphatic carbocycles. The summed E-state index contributed by atoms with van der Waals surface area (Å²) in [6.45, 7) is 1.37. The molecule has 0 unspecified atom stereocenters. The van der Waals surface area contributed by atoms with Crippen molar-refractivity contribution in [1.29, 1.82) is 0 Å². The van der Waals surface area contributed by atoms with E-state index in [1.54, 1.807) is 11.8 Å². The molecule has 3 rings (SSSR count). The van der Waals surface area contributed by atoms with Gasteiger partial charge in [0.2, 0.25) is 0 Å². The first-order chi connectivity index (χ1) is 12.8. The number of rotatable bonds is 9. The minimum absolute atomic E-state index is 0.0305. The SMILES string of the molecule is O=C(NCCCOC1CCCCC1)c1ccc(CSc2ncn[nH]2)cc1. The second-order valence-electron chi connectivity index (χ2n) is 6.52. The van der Waals surface area contributed by atoms with Crippen molar-refractivity contribution in [3.63, 3.8) is 0 Å². The Morgan fingerprint density at radius 3 is 2.77 bits per heavy atom. The Kier molecular flexibility index (Phi) is 7.51. The van der Waals surface area contributed by atoms with Crippen LogP contribution in [-0.2, 0) is 10.5 Å². The summed E-state index contributed by atoms with van der Waals surface area (Å²) in [5.74, 6) is 0.757. The summed E-state index contributed by atoms with van der Waals surface area (Å²) in [5.41, 5.74) is 1.83. The maximum atomic E-state index is 12.2. The Morgan fingerprint density at radius 2 is 2.04 bits per heavy atom. The van der Waals surface area contributed by atoms with E-state index in [-0.39, 0.29) is 5.91 Å². The molecule has 0 saturated heterocycles. The third kappa shape index (κ3) is 6.14. The van der Waals surface area contributed by atoms with Gasteiger partial charge in [-0.15, -0.1) is 0 Å². The zero-order chi connectivity index (χ0) is 18.0. The first-order valence-corrected chi connectivity index (χ1v) is 10.3. The molecule has 2 aromatic rings. The smallest absolute Gasteiger partial charge is 0.251 e. The van der Waals surface area contributed by atoms with Crippen molar-refractivity contribution in [2.24, 2.45) is 0 Å². The van der Waals surface area contributed by atoms with E-state index in [4.69, 9.17) is 4.74 Å². The van der Waals surface area contributed by atoms with Crippen LogP contribution in [0.1, 0.15) is 54.4 Å². The standard InChI is InChI=1S/C19H26N4O2S/c24-18(20-11-4-12-25-17-5-2-1-3-6-17)16-9-7-15(8-10-16)13-26-19-21-14-22-23-19/h7-10,14,17H,1-6,11-13H2,(H,20,24)(H,21,22,23). The van der Waals surface area contributed by atoms with Crippen LogP contribution in [0.25, 0.3) is 0 Å². The summed E-state index contributed by atoms with van der Waals surface area (Å²) in [6, 6.07) is 7.68. The number of ether oxygens (including phenoxy) is 1. The van der Waals surface area contributed by atoms with Gasteiger partial charge < -0.3 is 10.1 Å². The summed E-state index contributed by atoms with van der Waals surface area (Å²) < 4.78 is 5.88. The van der Waals surface area contributed by atoms with E-state index >= 15 is 0 Å². The molecular formula is C19H26N4O2S. The molecule has 6 nitrogen and oxygen atoms in total. The Labute approximate surface area is 158 Å². The number of aromatic amines is 1. The van der Waals surface area contributed by atoms with Crippen LogP contribution < -0.4 is 5.32 Å². The number of thioether (sulfide) groups is 1. The van der Waals surface area contributed by atoms with Crippen LogP contribution in [0.4, 0.5) is 0 Å². The second-order valence-corrected chi connectivity index (χ2v) is 7.48. The van der Waals surface area contributed by atoms with Crippen LogP contribution in [0.2, 0.25) is 0 Å². The van der Waals surface area contributed by atoms with Gasteiger partial charge in [0.25, 0.3) is 5.91 Å². The molecule has 0 atom stereocenters.